The number of methoxy groups -OCH3 is 1. The van der Waals surface area contributed by atoms with E-state index in [1.165, 1.54) is 14.0 Å². The largest absolute Gasteiger partial charge is 0.454 e. The molecule has 0 bridgehead atoms. The molecule has 2 aliphatic heterocycles. The van der Waals surface area contributed by atoms with E-state index in [1.54, 1.807) is 0 Å². The summed E-state index contributed by atoms with van der Waals surface area (Å²) in [6.07, 6.45) is -4.67. The summed E-state index contributed by atoms with van der Waals surface area (Å²) < 4.78 is 27.5. The van der Waals surface area contributed by atoms with Crippen LogP contribution in [0.2, 0.25) is 0 Å². The Bertz CT molecular complexity index is 534. The molecular formula is C16H20O7. The van der Waals surface area contributed by atoms with E-state index in [0.29, 0.717) is 0 Å². The number of aliphatic hydroxyl groups excluding tert-OH is 1. The van der Waals surface area contributed by atoms with Crippen molar-refractivity contribution in [3.63, 3.8) is 0 Å². The number of hydrogen-bond acceptors (Lipinski definition) is 7. The van der Waals surface area contributed by atoms with Gasteiger partial charge < -0.3 is 28.8 Å². The third kappa shape index (κ3) is 3.39. The number of esters is 1. The van der Waals surface area contributed by atoms with Gasteiger partial charge in [-0.2, -0.15) is 0 Å². The maximum Gasteiger partial charge on any atom is 0.303 e. The van der Waals surface area contributed by atoms with E-state index in [4.69, 9.17) is 23.7 Å². The van der Waals surface area contributed by atoms with Crippen molar-refractivity contribution in [2.75, 3.05) is 13.7 Å². The smallest absolute Gasteiger partial charge is 0.303 e. The Kier molecular flexibility index (Phi) is 4.93. The van der Waals surface area contributed by atoms with Gasteiger partial charge in [-0.15, -0.1) is 0 Å². The first-order valence-electron chi connectivity index (χ1n) is 7.45. The SMILES string of the molecule is CO[C@@H]1O[C@@H]2COC(c3ccccc3)O[C@H]2[C@@H](O)[C@H]1OC(C)=O. The lowest BCUT2D eigenvalue weighted by Gasteiger charge is -2.46. The van der Waals surface area contributed by atoms with E-state index >= 15 is 0 Å². The van der Waals surface area contributed by atoms with E-state index in [2.05, 4.69) is 0 Å². The number of fused-ring (bicyclic) bond motifs is 1. The highest BCUT2D eigenvalue weighted by Crippen LogP contribution is 2.35. The molecule has 2 heterocycles. The molecular weight excluding hydrogens is 304 g/mol. The minimum absolute atomic E-state index is 0.244. The molecule has 0 amide bonds. The second-order valence-electron chi connectivity index (χ2n) is 5.52. The standard InChI is InChI=1S/C16H20O7/c1-9(17)21-14-12(18)13-11(22-16(14)19-2)8-20-15(23-13)10-6-4-3-5-7-10/h3-7,11-16,18H,8H2,1-2H3/t11-,12-,13-,14-,15?,16-/m1/s1. The highest BCUT2D eigenvalue weighted by molar-refractivity contribution is 5.66. The lowest BCUT2D eigenvalue weighted by molar-refractivity contribution is -0.358. The number of benzene rings is 1. The quantitative estimate of drug-likeness (QED) is 0.822. The Labute approximate surface area is 134 Å². The first kappa shape index (κ1) is 16.4. The summed E-state index contributed by atoms with van der Waals surface area (Å²) in [5.41, 5.74) is 0.844. The summed E-state index contributed by atoms with van der Waals surface area (Å²) in [5.74, 6) is -0.523. The van der Waals surface area contributed by atoms with Crippen LogP contribution in [0.15, 0.2) is 30.3 Å². The lowest BCUT2D eigenvalue weighted by atomic mass is 9.97. The Balaban J connectivity index is 1.76. The van der Waals surface area contributed by atoms with Gasteiger partial charge in [-0.25, -0.2) is 0 Å². The van der Waals surface area contributed by atoms with Crippen LogP contribution in [-0.4, -0.2) is 55.5 Å². The molecule has 2 fully saturated rings. The highest BCUT2D eigenvalue weighted by atomic mass is 16.8. The third-order valence-corrected chi connectivity index (χ3v) is 3.92. The Morgan fingerprint density at radius 3 is 2.65 bits per heavy atom. The fourth-order valence-electron chi connectivity index (χ4n) is 2.85. The van der Waals surface area contributed by atoms with E-state index < -0.39 is 43.0 Å². The molecule has 1 N–H and O–H groups in total. The maximum atomic E-state index is 11.3. The Hall–Kier alpha value is -1.51. The highest BCUT2D eigenvalue weighted by Gasteiger charge is 2.51. The fraction of sp³-hybridized carbons (Fsp3) is 0.562. The number of carbonyl (C=O) groups is 1. The molecule has 2 saturated heterocycles. The fourth-order valence-corrected chi connectivity index (χ4v) is 2.85. The van der Waals surface area contributed by atoms with Crippen LogP contribution in [0, 0.1) is 0 Å². The molecule has 0 aliphatic carbocycles. The average molecular weight is 324 g/mol. The molecule has 3 rings (SSSR count). The Morgan fingerprint density at radius 1 is 1.26 bits per heavy atom. The van der Waals surface area contributed by atoms with E-state index in [-0.39, 0.29) is 6.61 Å². The van der Waals surface area contributed by atoms with Crippen LogP contribution in [0.25, 0.3) is 0 Å². The van der Waals surface area contributed by atoms with Gasteiger partial charge in [-0.1, -0.05) is 30.3 Å². The molecule has 0 spiro atoms. The normalized spacial score (nSPS) is 37.0. The van der Waals surface area contributed by atoms with E-state index in [1.807, 2.05) is 30.3 Å². The van der Waals surface area contributed by atoms with Crippen LogP contribution in [0.1, 0.15) is 18.8 Å². The van der Waals surface area contributed by atoms with Crippen molar-refractivity contribution in [1.82, 2.24) is 0 Å². The van der Waals surface area contributed by atoms with Gasteiger partial charge in [0.1, 0.15) is 18.3 Å². The van der Waals surface area contributed by atoms with Crippen molar-refractivity contribution in [2.24, 2.45) is 0 Å². The van der Waals surface area contributed by atoms with Crippen molar-refractivity contribution in [2.45, 2.75) is 43.9 Å². The number of aliphatic hydroxyl groups is 1. The summed E-state index contributed by atoms with van der Waals surface area (Å²) in [4.78, 5) is 11.3. The number of ether oxygens (including phenoxy) is 5. The Morgan fingerprint density at radius 2 is 2.00 bits per heavy atom. The maximum absolute atomic E-state index is 11.3. The number of carbonyl (C=O) groups excluding carboxylic acids is 1. The van der Waals surface area contributed by atoms with Crippen LogP contribution < -0.4 is 0 Å². The molecule has 2 aliphatic rings. The van der Waals surface area contributed by atoms with Gasteiger partial charge in [0.25, 0.3) is 0 Å². The first-order chi connectivity index (χ1) is 11.1. The molecule has 1 unspecified atom stereocenters. The van der Waals surface area contributed by atoms with Crippen molar-refractivity contribution < 1.29 is 33.6 Å². The van der Waals surface area contributed by atoms with Gasteiger partial charge in [-0.05, 0) is 0 Å². The van der Waals surface area contributed by atoms with Gasteiger partial charge in [0.05, 0.1) is 6.61 Å². The molecule has 1 aromatic carbocycles. The second kappa shape index (κ2) is 6.94. The van der Waals surface area contributed by atoms with Gasteiger partial charge in [0.2, 0.25) is 0 Å². The predicted molar refractivity (Wildman–Crippen MR) is 77.2 cm³/mol. The van der Waals surface area contributed by atoms with Crippen LogP contribution in [-0.2, 0) is 28.5 Å². The molecule has 0 aromatic heterocycles. The molecule has 0 saturated carbocycles. The van der Waals surface area contributed by atoms with Crippen LogP contribution in [0.5, 0.6) is 0 Å². The van der Waals surface area contributed by atoms with Gasteiger partial charge in [0, 0.05) is 19.6 Å². The lowest BCUT2D eigenvalue weighted by Crippen LogP contribution is -2.63. The van der Waals surface area contributed by atoms with Gasteiger partial charge in [-0.3, -0.25) is 4.79 Å². The summed E-state index contributed by atoms with van der Waals surface area (Å²) in [5, 5.41) is 10.6. The van der Waals surface area contributed by atoms with Crippen molar-refractivity contribution >= 4 is 5.97 Å². The molecule has 6 atom stereocenters. The third-order valence-electron chi connectivity index (χ3n) is 3.92. The second-order valence-corrected chi connectivity index (χ2v) is 5.52. The molecule has 23 heavy (non-hydrogen) atoms. The topological polar surface area (TPSA) is 83.5 Å². The summed E-state index contributed by atoms with van der Waals surface area (Å²) in [7, 11) is 1.42. The molecule has 0 radical (unpaired) electrons. The number of rotatable bonds is 3. The summed E-state index contributed by atoms with van der Waals surface area (Å²) in [6, 6.07) is 9.41. The monoisotopic (exact) mass is 324 g/mol. The summed E-state index contributed by atoms with van der Waals surface area (Å²) in [6.45, 7) is 1.51. The summed E-state index contributed by atoms with van der Waals surface area (Å²) >= 11 is 0. The van der Waals surface area contributed by atoms with Crippen molar-refractivity contribution in [1.29, 1.82) is 0 Å². The van der Waals surface area contributed by atoms with Crippen molar-refractivity contribution in [3.05, 3.63) is 35.9 Å². The molecule has 1 aromatic rings. The van der Waals surface area contributed by atoms with Crippen LogP contribution >= 0.6 is 0 Å². The van der Waals surface area contributed by atoms with E-state index in [0.717, 1.165) is 5.56 Å². The van der Waals surface area contributed by atoms with Crippen LogP contribution in [0.4, 0.5) is 0 Å². The first-order valence-corrected chi connectivity index (χ1v) is 7.45. The zero-order valence-electron chi connectivity index (χ0n) is 13.0. The minimum atomic E-state index is -1.07. The van der Waals surface area contributed by atoms with E-state index in [9.17, 15) is 9.90 Å². The predicted octanol–water partition coefficient (Wildman–Crippen LogP) is 0.764. The van der Waals surface area contributed by atoms with Gasteiger partial charge in [0.15, 0.2) is 18.7 Å². The zero-order valence-corrected chi connectivity index (χ0v) is 13.0. The molecule has 7 nitrogen and oxygen atoms in total. The number of hydrogen-bond donors (Lipinski definition) is 1. The molecule has 7 heteroatoms. The van der Waals surface area contributed by atoms with Crippen LogP contribution in [0.3, 0.4) is 0 Å². The minimum Gasteiger partial charge on any atom is -0.454 e. The average Bonchev–Trinajstić information content (AvgIpc) is 2.57. The molecule has 126 valence electrons. The van der Waals surface area contributed by atoms with Gasteiger partial charge >= 0.3 is 5.97 Å². The zero-order chi connectivity index (χ0) is 16.4. The van der Waals surface area contributed by atoms with Crippen molar-refractivity contribution in [3.8, 4) is 0 Å².